The minimum absolute atomic E-state index is 0.214. The van der Waals surface area contributed by atoms with Gasteiger partial charge in [0.2, 0.25) is 0 Å². The summed E-state index contributed by atoms with van der Waals surface area (Å²) in [6, 6.07) is 9.69. The van der Waals surface area contributed by atoms with Crippen LogP contribution < -0.4 is 0 Å². The second kappa shape index (κ2) is 11.8. The normalized spacial score (nSPS) is 18.4. The molecular formula is C34H40FN3O. The topological polar surface area (TPSA) is 36.4 Å². The molecule has 4 nitrogen and oxygen atoms in total. The van der Waals surface area contributed by atoms with Crippen LogP contribution >= 0.6 is 0 Å². The number of carbonyl (C=O) groups is 1. The van der Waals surface area contributed by atoms with Crippen molar-refractivity contribution in [3.8, 4) is 11.3 Å². The molecule has 1 saturated heterocycles. The summed E-state index contributed by atoms with van der Waals surface area (Å²) in [5.41, 5.74) is 7.31. The average molecular weight is 526 g/mol. The van der Waals surface area contributed by atoms with Gasteiger partial charge in [0.1, 0.15) is 5.82 Å². The second-order valence-corrected chi connectivity index (χ2v) is 11.5. The summed E-state index contributed by atoms with van der Waals surface area (Å²) in [5, 5.41) is 0. The first kappa shape index (κ1) is 27.3. The van der Waals surface area contributed by atoms with E-state index in [9.17, 15) is 9.18 Å². The third kappa shape index (κ3) is 5.99. The summed E-state index contributed by atoms with van der Waals surface area (Å²) in [6.45, 7) is 10.8. The van der Waals surface area contributed by atoms with Crippen LogP contribution in [0.2, 0.25) is 0 Å². The SMILES string of the molecule is CC1=C2C=CC(c3cccnc3-c3ccc(F)c(C)c3)=CN2C(C(=O)CCCC2CCN(C(C)C)CC2)=CC1. The molecule has 5 heteroatoms. The molecule has 0 bridgehead atoms. The zero-order valence-electron chi connectivity index (χ0n) is 23.7. The Bertz CT molecular complexity index is 1360. The van der Waals surface area contributed by atoms with Gasteiger partial charge in [-0.25, -0.2) is 4.39 Å². The monoisotopic (exact) mass is 525 g/mol. The first-order chi connectivity index (χ1) is 18.8. The van der Waals surface area contributed by atoms with Crippen molar-refractivity contribution in [2.45, 2.75) is 72.3 Å². The summed E-state index contributed by atoms with van der Waals surface area (Å²) >= 11 is 0. The number of aryl methyl sites for hydroxylation is 1. The van der Waals surface area contributed by atoms with Gasteiger partial charge in [-0.3, -0.25) is 9.78 Å². The molecule has 1 fully saturated rings. The number of likely N-dealkylation sites (tertiary alicyclic amines) is 1. The molecule has 39 heavy (non-hydrogen) atoms. The zero-order chi connectivity index (χ0) is 27.5. The highest BCUT2D eigenvalue weighted by atomic mass is 19.1. The Kier molecular flexibility index (Phi) is 8.27. The number of Topliss-reactive ketones (excluding diaryl/α,β-unsaturated/α-hetero) is 1. The Labute approximate surface area is 232 Å². The van der Waals surface area contributed by atoms with E-state index < -0.39 is 0 Å². The molecule has 0 aliphatic carbocycles. The number of rotatable bonds is 8. The lowest BCUT2D eigenvalue weighted by atomic mass is 9.90. The smallest absolute Gasteiger partial charge is 0.179 e. The Morgan fingerprint density at radius 1 is 1.13 bits per heavy atom. The van der Waals surface area contributed by atoms with Crippen molar-refractivity contribution in [2.24, 2.45) is 5.92 Å². The quantitative estimate of drug-likeness (QED) is 0.352. The number of halogens is 1. The van der Waals surface area contributed by atoms with Gasteiger partial charge < -0.3 is 9.80 Å². The lowest BCUT2D eigenvalue weighted by molar-refractivity contribution is -0.116. The third-order valence-electron chi connectivity index (χ3n) is 8.48. The molecule has 3 aliphatic heterocycles. The lowest BCUT2D eigenvalue weighted by Crippen LogP contribution is -2.38. The Morgan fingerprint density at radius 3 is 2.67 bits per heavy atom. The van der Waals surface area contributed by atoms with Crippen molar-refractivity contribution < 1.29 is 9.18 Å². The first-order valence-corrected chi connectivity index (χ1v) is 14.4. The largest absolute Gasteiger partial charge is 0.314 e. The predicted octanol–water partition coefficient (Wildman–Crippen LogP) is 7.83. The Morgan fingerprint density at radius 2 is 1.92 bits per heavy atom. The lowest BCUT2D eigenvalue weighted by Gasteiger charge is -2.34. The van der Waals surface area contributed by atoms with Crippen LogP contribution in [0.3, 0.4) is 0 Å². The molecule has 0 spiro atoms. The fraction of sp³-hybridized carbons (Fsp3) is 0.412. The van der Waals surface area contributed by atoms with E-state index in [1.54, 1.807) is 19.2 Å². The van der Waals surface area contributed by atoms with Crippen LogP contribution in [0, 0.1) is 18.7 Å². The molecule has 2 aromatic rings. The summed E-state index contributed by atoms with van der Waals surface area (Å²) in [6.07, 6.45) is 16.1. The summed E-state index contributed by atoms with van der Waals surface area (Å²) < 4.78 is 14.0. The number of hydrogen-bond donors (Lipinski definition) is 0. The molecule has 3 aliphatic rings. The molecule has 0 N–H and O–H groups in total. The Hall–Kier alpha value is -3.31. The number of pyridine rings is 1. The highest BCUT2D eigenvalue weighted by molar-refractivity contribution is 5.96. The van der Waals surface area contributed by atoms with Crippen LogP contribution in [0.5, 0.6) is 0 Å². The summed E-state index contributed by atoms with van der Waals surface area (Å²) in [5.74, 6) is 0.723. The standard InChI is InChI=1S/C34H40FN3O/c1-23(2)37-19-16-26(17-20-37)7-5-9-33(39)32-14-10-24(3)31-15-12-28(22-38(31)32)29-8-6-18-36-34(29)27-11-13-30(35)25(4)21-27/h6,8,11-15,18,21-23,26H,5,7,9-10,16-17,19-20H2,1-4H3. The van der Waals surface area contributed by atoms with E-state index in [4.69, 9.17) is 0 Å². The molecule has 0 radical (unpaired) electrons. The van der Waals surface area contributed by atoms with E-state index in [1.807, 2.05) is 18.2 Å². The minimum atomic E-state index is -0.221. The minimum Gasteiger partial charge on any atom is -0.314 e. The third-order valence-corrected chi connectivity index (χ3v) is 8.48. The fourth-order valence-electron chi connectivity index (χ4n) is 6.01. The van der Waals surface area contributed by atoms with Crippen LogP contribution in [0.15, 0.2) is 77.9 Å². The van der Waals surface area contributed by atoms with E-state index in [0.29, 0.717) is 18.0 Å². The van der Waals surface area contributed by atoms with Crippen molar-refractivity contribution in [3.05, 3.63) is 94.9 Å². The first-order valence-electron chi connectivity index (χ1n) is 14.4. The van der Waals surface area contributed by atoms with Gasteiger partial charge in [0.25, 0.3) is 0 Å². The number of ketones is 1. The predicted molar refractivity (Wildman–Crippen MR) is 157 cm³/mol. The molecule has 5 rings (SSSR count). The van der Waals surface area contributed by atoms with Gasteiger partial charge >= 0.3 is 0 Å². The number of hydrogen-bond acceptors (Lipinski definition) is 4. The van der Waals surface area contributed by atoms with E-state index in [0.717, 1.165) is 59.0 Å². The number of aromatic nitrogens is 1. The van der Waals surface area contributed by atoms with Gasteiger partial charge in [0, 0.05) is 47.3 Å². The molecule has 4 heterocycles. The van der Waals surface area contributed by atoms with Gasteiger partial charge in [-0.1, -0.05) is 18.2 Å². The molecule has 0 atom stereocenters. The van der Waals surface area contributed by atoms with Crippen molar-refractivity contribution >= 4 is 11.4 Å². The maximum Gasteiger partial charge on any atom is 0.179 e. The number of piperidine rings is 1. The number of fused-ring (bicyclic) bond motifs is 1. The van der Waals surface area contributed by atoms with Gasteiger partial charge in [-0.15, -0.1) is 0 Å². The fourth-order valence-corrected chi connectivity index (χ4v) is 6.01. The van der Waals surface area contributed by atoms with Gasteiger partial charge in [-0.2, -0.15) is 0 Å². The van der Waals surface area contributed by atoms with Crippen LogP contribution in [-0.4, -0.2) is 39.7 Å². The maximum atomic E-state index is 14.0. The molecule has 204 valence electrons. The second-order valence-electron chi connectivity index (χ2n) is 11.5. The molecule has 0 saturated carbocycles. The maximum absolute atomic E-state index is 14.0. The number of carbonyl (C=O) groups excluding carboxylic acids is 1. The van der Waals surface area contributed by atoms with Crippen molar-refractivity contribution in [1.82, 2.24) is 14.8 Å². The highest BCUT2D eigenvalue weighted by Crippen LogP contribution is 2.37. The zero-order valence-corrected chi connectivity index (χ0v) is 23.7. The van der Waals surface area contributed by atoms with E-state index >= 15 is 0 Å². The Balaban J connectivity index is 1.32. The van der Waals surface area contributed by atoms with Gasteiger partial charge in [0.05, 0.1) is 11.4 Å². The van der Waals surface area contributed by atoms with Crippen molar-refractivity contribution in [1.29, 1.82) is 0 Å². The molecule has 1 aromatic heterocycles. The number of nitrogens with zero attached hydrogens (tertiary/aromatic N) is 3. The van der Waals surface area contributed by atoms with Crippen LogP contribution in [-0.2, 0) is 4.79 Å². The van der Waals surface area contributed by atoms with Crippen molar-refractivity contribution in [3.63, 3.8) is 0 Å². The van der Waals surface area contributed by atoms with Gasteiger partial charge in [0.15, 0.2) is 5.78 Å². The summed E-state index contributed by atoms with van der Waals surface area (Å²) in [7, 11) is 0. The van der Waals surface area contributed by atoms with E-state index in [1.165, 1.54) is 37.6 Å². The number of allylic oxidation sites excluding steroid dienone is 6. The molecule has 0 unspecified atom stereocenters. The van der Waals surface area contributed by atoms with Crippen LogP contribution in [0.4, 0.5) is 4.39 Å². The van der Waals surface area contributed by atoms with Crippen LogP contribution in [0.25, 0.3) is 16.8 Å². The molecule has 1 aromatic carbocycles. The molecule has 0 amide bonds. The van der Waals surface area contributed by atoms with E-state index in [-0.39, 0.29) is 11.6 Å². The van der Waals surface area contributed by atoms with Crippen LogP contribution in [0.1, 0.15) is 70.4 Å². The summed E-state index contributed by atoms with van der Waals surface area (Å²) in [4.78, 5) is 22.8. The highest BCUT2D eigenvalue weighted by Gasteiger charge is 2.27. The van der Waals surface area contributed by atoms with Gasteiger partial charge in [-0.05, 0) is 120 Å². The molecular weight excluding hydrogens is 485 g/mol. The average Bonchev–Trinajstić information content (AvgIpc) is 2.95. The van der Waals surface area contributed by atoms with Crippen molar-refractivity contribution in [2.75, 3.05) is 13.1 Å². The van der Waals surface area contributed by atoms with E-state index in [2.05, 4.69) is 60.0 Å². The number of benzene rings is 1.